The fourth-order valence-corrected chi connectivity index (χ4v) is 3.82. The van der Waals surface area contributed by atoms with E-state index in [-0.39, 0.29) is 0 Å². The fraction of sp³-hybridized carbons (Fsp3) is 0.300. The zero-order valence-corrected chi connectivity index (χ0v) is 17.0. The van der Waals surface area contributed by atoms with Crippen LogP contribution in [0.25, 0.3) is 17.1 Å². The molecule has 0 N–H and O–H groups in total. The monoisotopic (exact) mass is 406 g/mol. The average molecular weight is 407 g/mol. The van der Waals surface area contributed by atoms with E-state index in [1.54, 1.807) is 21.2 Å². The van der Waals surface area contributed by atoms with Crippen molar-refractivity contribution in [2.45, 2.75) is 37.9 Å². The second kappa shape index (κ2) is 9.42. The number of rotatable bonds is 9. The van der Waals surface area contributed by atoms with Gasteiger partial charge in [-0.3, -0.25) is 0 Å². The summed E-state index contributed by atoms with van der Waals surface area (Å²) in [5.41, 5.74) is 3.16. The van der Waals surface area contributed by atoms with Crippen LogP contribution in [0.3, 0.4) is 0 Å². The molecule has 2 aromatic heterocycles. The summed E-state index contributed by atoms with van der Waals surface area (Å²) in [6.07, 6.45) is 3.17. The maximum Gasteiger partial charge on any atom is 0.214 e. The molecule has 0 saturated heterocycles. The Balaban J connectivity index is 1.21. The van der Waals surface area contributed by atoms with Crippen molar-refractivity contribution in [1.82, 2.24) is 40.4 Å². The molecule has 4 aromatic rings. The van der Waals surface area contributed by atoms with Crippen LogP contribution >= 0.6 is 11.8 Å². The van der Waals surface area contributed by atoms with Crippen LogP contribution in [0.15, 0.2) is 59.8 Å². The van der Waals surface area contributed by atoms with Crippen molar-refractivity contribution in [3.05, 3.63) is 60.2 Å². The molecular weight excluding hydrogens is 384 g/mol. The number of hydrogen-bond donors (Lipinski definition) is 0. The van der Waals surface area contributed by atoms with E-state index >= 15 is 0 Å². The molecule has 4 rings (SSSR count). The lowest BCUT2D eigenvalue weighted by atomic mass is 10.2. The van der Waals surface area contributed by atoms with E-state index in [9.17, 15) is 0 Å². The van der Waals surface area contributed by atoms with Crippen molar-refractivity contribution in [2.24, 2.45) is 0 Å². The molecule has 0 aliphatic carbocycles. The summed E-state index contributed by atoms with van der Waals surface area (Å²) in [7, 11) is 0. The van der Waals surface area contributed by atoms with Gasteiger partial charge in [0.2, 0.25) is 11.0 Å². The smallest absolute Gasteiger partial charge is 0.188 e. The molecular formula is C20H22N8S. The minimum absolute atomic E-state index is 0.671. The summed E-state index contributed by atoms with van der Waals surface area (Å²) in [5.74, 6) is 1.64. The number of aryl methyl sites for hydroxylation is 2. The molecule has 0 spiro atoms. The molecule has 0 aliphatic rings. The number of hydrogen-bond acceptors (Lipinski definition) is 7. The van der Waals surface area contributed by atoms with Crippen molar-refractivity contribution in [3.63, 3.8) is 0 Å². The van der Waals surface area contributed by atoms with Crippen LogP contribution in [0.1, 0.15) is 24.8 Å². The van der Waals surface area contributed by atoms with Gasteiger partial charge < -0.3 is 0 Å². The Labute approximate surface area is 173 Å². The molecule has 0 radical (unpaired) electrons. The Hall–Kier alpha value is -3.07. The summed E-state index contributed by atoms with van der Waals surface area (Å²) in [6, 6.07) is 18.1. The van der Waals surface area contributed by atoms with Crippen molar-refractivity contribution >= 4 is 11.8 Å². The molecule has 0 unspecified atom stereocenters. The Morgan fingerprint density at radius 3 is 2.66 bits per heavy atom. The van der Waals surface area contributed by atoms with Crippen LogP contribution in [0.2, 0.25) is 0 Å². The molecule has 2 heterocycles. The first kappa shape index (κ1) is 19.3. The van der Waals surface area contributed by atoms with Gasteiger partial charge in [0.05, 0.1) is 12.2 Å². The highest BCUT2D eigenvalue weighted by atomic mass is 32.2. The van der Waals surface area contributed by atoms with Crippen LogP contribution in [0, 0.1) is 6.92 Å². The molecule has 2 aromatic carbocycles. The average Bonchev–Trinajstić information content (AvgIpc) is 3.41. The van der Waals surface area contributed by atoms with Crippen LogP contribution < -0.4 is 0 Å². The largest absolute Gasteiger partial charge is 0.214 e. The van der Waals surface area contributed by atoms with E-state index in [1.165, 1.54) is 5.56 Å². The lowest BCUT2D eigenvalue weighted by molar-refractivity contribution is 0.487. The molecule has 148 valence electrons. The normalized spacial score (nSPS) is 11.1. The second-order valence-corrected chi connectivity index (χ2v) is 7.76. The van der Waals surface area contributed by atoms with E-state index in [4.69, 9.17) is 0 Å². The maximum atomic E-state index is 4.45. The zero-order valence-electron chi connectivity index (χ0n) is 16.2. The Morgan fingerprint density at radius 1 is 0.897 bits per heavy atom. The van der Waals surface area contributed by atoms with Gasteiger partial charge in [-0.1, -0.05) is 60.6 Å². The van der Waals surface area contributed by atoms with Crippen molar-refractivity contribution < 1.29 is 0 Å². The number of tetrazole rings is 2. The highest BCUT2D eigenvalue weighted by Crippen LogP contribution is 2.20. The zero-order chi connectivity index (χ0) is 19.9. The Kier molecular flexibility index (Phi) is 6.25. The second-order valence-electron chi connectivity index (χ2n) is 6.70. The first-order chi connectivity index (χ1) is 14.3. The molecule has 0 amide bonds. The van der Waals surface area contributed by atoms with Crippen molar-refractivity contribution in [1.29, 1.82) is 0 Å². The number of thioether (sulfide) groups is 1. The predicted octanol–water partition coefficient (Wildman–Crippen LogP) is 3.59. The van der Waals surface area contributed by atoms with Gasteiger partial charge in [-0.05, 0) is 53.1 Å². The highest BCUT2D eigenvalue weighted by molar-refractivity contribution is 7.99. The minimum Gasteiger partial charge on any atom is -0.188 e. The summed E-state index contributed by atoms with van der Waals surface area (Å²) in [5, 5.41) is 25.6. The van der Waals surface area contributed by atoms with Crippen LogP contribution in [0.5, 0.6) is 0 Å². The number of aromatic nitrogens is 8. The van der Waals surface area contributed by atoms with Crippen LogP contribution in [-0.4, -0.2) is 46.2 Å². The van der Waals surface area contributed by atoms with Gasteiger partial charge in [-0.2, -0.15) is 9.48 Å². The van der Waals surface area contributed by atoms with Gasteiger partial charge in [0.15, 0.2) is 0 Å². The Morgan fingerprint density at radius 2 is 1.79 bits per heavy atom. The third kappa shape index (κ3) is 5.05. The summed E-state index contributed by atoms with van der Waals surface area (Å²) < 4.78 is 1.79. The first-order valence-corrected chi connectivity index (χ1v) is 10.6. The van der Waals surface area contributed by atoms with Gasteiger partial charge in [-0.15, -0.1) is 15.3 Å². The lowest BCUT2D eigenvalue weighted by Crippen LogP contribution is -2.03. The lowest BCUT2D eigenvalue weighted by Gasteiger charge is -2.05. The van der Waals surface area contributed by atoms with E-state index in [0.717, 1.165) is 48.0 Å². The standard InChI is InChI=1S/C20H22N8S/c1-16-9-8-12-18(15-16)28-20(22-24-26-28)29-14-7-3-6-13-27-23-19(21-25-27)17-10-4-2-5-11-17/h2,4-5,8-12,15H,3,6-7,13-14H2,1H3. The summed E-state index contributed by atoms with van der Waals surface area (Å²) in [4.78, 5) is 1.67. The fourth-order valence-electron chi connectivity index (χ4n) is 2.93. The van der Waals surface area contributed by atoms with E-state index in [1.807, 2.05) is 42.5 Å². The number of benzene rings is 2. The van der Waals surface area contributed by atoms with Crippen molar-refractivity contribution in [2.75, 3.05) is 5.75 Å². The van der Waals surface area contributed by atoms with E-state index < -0.39 is 0 Å². The maximum absolute atomic E-state index is 4.45. The number of nitrogens with zero attached hydrogens (tertiary/aromatic N) is 8. The molecule has 8 nitrogen and oxygen atoms in total. The van der Waals surface area contributed by atoms with E-state index in [0.29, 0.717) is 5.82 Å². The third-order valence-corrected chi connectivity index (χ3v) is 5.41. The predicted molar refractivity (Wildman–Crippen MR) is 112 cm³/mol. The topological polar surface area (TPSA) is 87.2 Å². The van der Waals surface area contributed by atoms with Crippen LogP contribution in [-0.2, 0) is 6.54 Å². The van der Waals surface area contributed by atoms with Crippen LogP contribution in [0.4, 0.5) is 0 Å². The molecule has 0 saturated carbocycles. The minimum atomic E-state index is 0.671. The highest BCUT2D eigenvalue weighted by Gasteiger charge is 2.09. The quantitative estimate of drug-likeness (QED) is 0.310. The van der Waals surface area contributed by atoms with Gasteiger partial charge in [-0.25, -0.2) is 0 Å². The molecule has 0 fully saturated rings. The SMILES string of the molecule is Cc1cccc(-n2nnnc2SCCCCCn2nnc(-c3ccccc3)n2)c1. The van der Waals surface area contributed by atoms with Gasteiger partial charge in [0, 0.05) is 11.3 Å². The van der Waals surface area contributed by atoms with Gasteiger partial charge in [0.1, 0.15) is 0 Å². The van der Waals surface area contributed by atoms with Gasteiger partial charge in [0.25, 0.3) is 0 Å². The Bertz CT molecular complexity index is 1040. The summed E-state index contributed by atoms with van der Waals surface area (Å²) in [6.45, 7) is 2.83. The van der Waals surface area contributed by atoms with E-state index in [2.05, 4.69) is 50.0 Å². The molecule has 0 bridgehead atoms. The number of unbranched alkanes of at least 4 members (excludes halogenated alkanes) is 2. The first-order valence-electron chi connectivity index (χ1n) is 9.61. The molecule has 9 heteroatoms. The third-order valence-electron chi connectivity index (χ3n) is 4.41. The van der Waals surface area contributed by atoms with Crippen molar-refractivity contribution in [3.8, 4) is 17.1 Å². The van der Waals surface area contributed by atoms with Gasteiger partial charge >= 0.3 is 0 Å². The molecule has 0 atom stereocenters. The molecule has 29 heavy (non-hydrogen) atoms. The molecule has 0 aliphatic heterocycles. The summed E-state index contributed by atoms with van der Waals surface area (Å²) >= 11 is 1.68.